The molecule has 0 aliphatic rings. The second kappa shape index (κ2) is 7.15. The van der Waals surface area contributed by atoms with E-state index >= 15 is 0 Å². The molecule has 3 aromatic carbocycles. The highest BCUT2D eigenvalue weighted by Crippen LogP contribution is 2.31. The summed E-state index contributed by atoms with van der Waals surface area (Å²) in [5.74, 6) is 4.59. The average molecular weight is 369 g/mol. The maximum absolute atomic E-state index is 13.2. The number of hydrogen-bond donors (Lipinski definition) is 2. The lowest BCUT2D eigenvalue weighted by atomic mass is 10.1. The van der Waals surface area contributed by atoms with E-state index in [0.29, 0.717) is 5.69 Å². The largest absolute Gasteiger partial charge is 0.293 e. The summed E-state index contributed by atoms with van der Waals surface area (Å²) in [6.07, 6.45) is 0. The van der Waals surface area contributed by atoms with E-state index in [1.54, 1.807) is 24.3 Å². The van der Waals surface area contributed by atoms with E-state index in [1.165, 1.54) is 12.1 Å². The molecule has 0 atom stereocenters. The highest BCUT2D eigenvalue weighted by atomic mass is 32.2. The van der Waals surface area contributed by atoms with Crippen molar-refractivity contribution in [2.24, 2.45) is 5.84 Å². The Bertz CT molecular complexity index is 1040. The Kier molecular flexibility index (Phi) is 4.92. The standard InChI is InChI=1S/C19H19N3O3S/c1-14-9-11-16(12-10-14)26(24,25)22(13-19(23)21-20)18-8-4-6-15-5-2-3-7-17(15)18/h2-12H,13,20H2,1H3,(H,21,23). The predicted octanol–water partition coefficient (Wildman–Crippen LogP) is 2.33. The van der Waals surface area contributed by atoms with Gasteiger partial charge in [-0.1, -0.05) is 54.1 Å². The van der Waals surface area contributed by atoms with Crippen LogP contribution in [-0.2, 0) is 14.8 Å². The highest BCUT2D eigenvalue weighted by Gasteiger charge is 2.28. The monoisotopic (exact) mass is 369 g/mol. The fourth-order valence-electron chi connectivity index (χ4n) is 2.74. The van der Waals surface area contributed by atoms with E-state index in [0.717, 1.165) is 20.6 Å². The van der Waals surface area contributed by atoms with Crippen LogP contribution in [0.2, 0.25) is 0 Å². The highest BCUT2D eigenvalue weighted by molar-refractivity contribution is 7.92. The van der Waals surface area contributed by atoms with Gasteiger partial charge >= 0.3 is 0 Å². The van der Waals surface area contributed by atoms with Gasteiger partial charge in [0.15, 0.2) is 0 Å². The summed E-state index contributed by atoms with van der Waals surface area (Å²) >= 11 is 0. The van der Waals surface area contributed by atoms with Crippen LogP contribution >= 0.6 is 0 Å². The number of nitrogens with two attached hydrogens (primary N) is 1. The maximum atomic E-state index is 13.2. The van der Waals surface area contributed by atoms with Crippen LogP contribution in [0.25, 0.3) is 10.8 Å². The first-order valence-corrected chi connectivity index (χ1v) is 9.44. The molecule has 0 spiro atoms. The Morgan fingerprint density at radius 2 is 1.65 bits per heavy atom. The minimum Gasteiger partial charge on any atom is -0.293 e. The Balaban J connectivity index is 2.19. The van der Waals surface area contributed by atoms with Gasteiger partial charge in [-0.05, 0) is 30.5 Å². The summed E-state index contributed by atoms with van der Waals surface area (Å²) in [6.45, 7) is 1.46. The zero-order chi connectivity index (χ0) is 18.7. The minimum atomic E-state index is -3.95. The fraction of sp³-hybridized carbons (Fsp3) is 0.105. The van der Waals surface area contributed by atoms with Crippen molar-refractivity contribution in [1.29, 1.82) is 0 Å². The number of nitrogens with one attached hydrogen (secondary N) is 1. The number of fused-ring (bicyclic) bond motifs is 1. The molecular weight excluding hydrogens is 350 g/mol. The van der Waals surface area contributed by atoms with E-state index in [-0.39, 0.29) is 4.90 Å². The molecule has 3 rings (SSSR count). The number of benzene rings is 3. The summed E-state index contributed by atoms with van der Waals surface area (Å²) in [4.78, 5) is 12.0. The molecule has 134 valence electrons. The fourth-order valence-corrected chi connectivity index (χ4v) is 4.18. The van der Waals surface area contributed by atoms with Crippen molar-refractivity contribution in [3.63, 3.8) is 0 Å². The van der Waals surface area contributed by atoms with E-state index in [9.17, 15) is 13.2 Å². The number of amides is 1. The molecular formula is C19H19N3O3S. The first-order valence-electron chi connectivity index (χ1n) is 8.00. The van der Waals surface area contributed by atoms with Crippen LogP contribution in [0.15, 0.2) is 71.6 Å². The van der Waals surface area contributed by atoms with Crippen molar-refractivity contribution in [3.8, 4) is 0 Å². The van der Waals surface area contributed by atoms with Crippen molar-refractivity contribution in [3.05, 3.63) is 72.3 Å². The van der Waals surface area contributed by atoms with Crippen LogP contribution in [0.3, 0.4) is 0 Å². The average Bonchev–Trinajstić information content (AvgIpc) is 2.65. The van der Waals surface area contributed by atoms with Crippen molar-refractivity contribution in [1.82, 2.24) is 5.43 Å². The molecule has 3 aromatic rings. The third-order valence-electron chi connectivity index (χ3n) is 4.09. The molecule has 3 N–H and O–H groups in total. The first kappa shape index (κ1) is 17.9. The number of carbonyl (C=O) groups excluding carboxylic acids is 1. The van der Waals surface area contributed by atoms with Gasteiger partial charge in [0.05, 0.1) is 10.6 Å². The quantitative estimate of drug-likeness (QED) is 0.410. The molecule has 0 aromatic heterocycles. The van der Waals surface area contributed by atoms with Crippen molar-refractivity contribution >= 4 is 32.4 Å². The van der Waals surface area contributed by atoms with Crippen LogP contribution in [0, 0.1) is 6.92 Å². The molecule has 0 aliphatic carbocycles. The zero-order valence-corrected chi connectivity index (χ0v) is 15.0. The second-order valence-electron chi connectivity index (χ2n) is 5.89. The van der Waals surface area contributed by atoms with E-state index in [1.807, 2.05) is 42.7 Å². The lowest BCUT2D eigenvalue weighted by molar-refractivity contribution is -0.119. The van der Waals surface area contributed by atoms with Crippen LogP contribution in [0.5, 0.6) is 0 Å². The number of anilines is 1. The summed E-state index contributed by atoms with van der Waals surface area (Å²) < 4.78 is 27.6. The molecule has 7 heteroatoms. The Morgan fingerprint density at radius 1 is 1.00 bits per heavy atom. The van der Waals surface area contributed by atoms with Crippen LogP contribution in [0.1, 0.15) is 5.56 Å². The van der Waals surface area contributed by atoms with Gasteiger partial charge in [-0.3, -0.25) is 14.5 Å². The molecule has 0 unspecified atom stereocenters. The normalized spacial score (nSPS) is 11.3. The van der Waals surface area contributed by atoms with Gasteiger partial charge in [0, 0.05) is 5.39 Å². The number of carbonyl (C=O) groups is 1. The molecule has 0 bridgehead atoms. The second-order valence-corrected chi connectivity index (χ2v) is 7.75. The van der Waals surface area contributed by atoms with Gasteiger partial charge in [-0.15, -0.1) is 0 Å². The van der Waals surface area contributed by atoms with E-state index in [4.69, 9.17) is 5.84 Å². The third kappa shape index (κ3) is 3.40. The number of sulfonamides is 1. The van der Waals surface area contributed by atoms with E-state index < -0.39 is 22.5 Å². The minimum absolute atomic E-state index is 0.112. The molecule has 0 radical (unpaired) electrons. The summed E-state index contributed by atoms with van der Waals surface area (Å²) in [7, 11) is -3.95. The third-order valence-corrected chi connectivity index (χ3v) is 5.87. The van der Waals surface area contributed by atoms with Gasteiger partial charge in [0.2, 0.25) is 0 Å². The number of nitrogens with zero attached hydrogens (tertiary/aromatic N) is 1. The molecule has 0 aliphatic heterocycles. The number of hydrazine groups is 1. The van der Waals surface area contributed by atoms with Gasteiger partial charge in [0.1, 0.15) is 6.54 Å². The maximum Gasteiger partial charge on any atom is 0.264 e. The Hall–Kier alpha value is -2.90. The van der Waals surface area contributed by atoms with Gasteiger partial charge < -0.3 is 0 Å². The molecule has 0 heterocycles. The SMILES string of the molecule is Cc1ccc(S(=O)(=O)N(CC(=O)NN)c2cccc3ccccc23)cc1. The lowest BCUT2D eigenvalue weighted by Gasteiger charge is -2.25. The first-order chi connectivity index (χ1) is 12.4. The smallest absolute Gasteiger partial charge is 0.264 e. The topological polar surface area (TPSA) is 92.5 Å². The Morgan fingerprint density at radius 3 is 2.35 bits per heavy atom. The van der Waals surface area contributed by atoms with Crippen LogP contribution in [0.4, 0.5) is 5.69 Å². The van der Waals surface area contributed by atoms with Gasteiger partial charge in [-0.2, -0.15) is 0 Å². The number of hydrogen-bond acceptors (Lipinski definition) is 4. The van der Waals surface area contributed by atoms with Crippen LogP contribution < -0.4 is 15.6 Å². The number of rotatable bonds is 5. The van der Waals surface area contributed by atoms with Crippen molar-refractivity contribution in [2.75, 3.05) is 10.8 Å². The number of aryl methyl sites for hydroxylation is 1. The zero-order valence-electron chi connectivity index (χ0n) is 14.2. The Labute approximate surface area is 152 Å². The van der Waals surface area contributed by atoms with E-state index in [2.05, 4.69) is 0 Å². The molecule has 0 saturated carbocycles. The van der Waals surface area contributed by atoms with Crippen molar-refractivity contribution in [2.45, 2.75) is 11.8 Å². The summed E-state index contributed by atoms with van der Waals surface area (Å²) in [5.41, 5.74) is 3.37. The predicted molar refractivity (Wildman–Crippen MR) is 102 cm³/mol. The molecule has 6 nitrogen and oxygen atoms in total. The van der Waals surface area contributed by atoms with Gasteiger partial charge in [0.25, 0.3) is 15.9 Å². The molecule has 1 amide bonds. The van der Waals surface area contributed by atoms with Crippen molar-refractivity contribution < 1.29 is 13.2 Å². The van der Waals surface area contributed by atoms with Crippen LogP contribution in [-0.4, -0.2) is 20.9 Å². The van der Waals surface area contributed by atoms with Gasteiger partial charge in [-0.25, -0.2) is 14.3 Å². The molecule has 0 saturated heterocycles. The summed E-state index contributed by atoms with van der Waals surface area (Å²) in [5, 5.41) is 1.61. The summed E-state index contributed by atoms with van der Waals surface area (Å²) in [6, 6.07) is 19.2. The lowest BCUT2D eigenvalue weighted by Crippen LogP contribution is -2.43. The molecule has 0 fully saturated rings. The molecule has 26 heavy (non-hydrogen) atoms.